The zero-order valence-corrected chi connectivity index (χ0v) is 16.8. The van der Waals surface area contributed by atoms with E-state index in [4.69, 9.17) is 16.3 Å². The number of ether oxygens (including phenoxy) is 1. The summed E-state index contributed by atoms with van der Waals surface area (Å²) >= 11 is 0. The number of nitrogens with two attached hydrogens (primary N) is 2. The van der Waals surface area contributed by atoms with Gasteiger partial charge in [-0.15, -0.1) is 0 Å². The average molecular weight is 399 g/mol. The van der Waals surface area contributed by atoms with Crippen molar-refractivity contribution in [2.75, 3.05) is 13.2 Å². The van der Waals surface area contributed by atoms with E-state index in [1.165, 1.54) is 11.2 Å². The van der Waals surface area contributed by atoms with E-state index in [0.29, 0.717) is 42.4 Å². The van der Waals surface area contributed by atoms with E-state index in [1.807, 2.05) is 25.1 Å². The highest BCUT2D eigenvalue weighted by Crippen LogP contribution is 2.19. The zero-order chi connectivity index (χ0) is 21.4. The molecule has 0 aliphatic carbocycles. The normalized spacial score (nSPS) is 12.2. The second-order valence-electron chi connectivity index (χ2n) is 6.68. The maximum atomic E-state index is 12.4. The fraction of sp³-hybridized carbons (Fsp3) is 0.333. The lowest BCUT2D eigenvalue weighted by molar-refractivity contribution is -0.128. The number of carbonyl (C=O) groups is 2. The van der Waals surface area contributed by atoms with Gasteiger partial charge in [-0.2, -0.15) is 0 Å². The van der Waals surface area contributed by atoms with Gasteiger partial charge in [0.15, 0.2) is 0 Å². The number of hydrogen-bond acceptors (Lipinski definition) is 6. The first-order chi connectivity index (χ1) is 13.9. The predicted molar refractivity (Wildman–Crippen MR) is 115 cm³/mol. The molecule has 29 heavy (non-hydrogen) atoms. The fourth-order valence-corrected chi connectivity index (χ4v) is 3.33. The van der Waals surface area contributed by atoms with Crippen LogP contribution in [0.2, 0.25) is 0 Å². The molecular weight excluding hydrogens is 370 g/mol. The van der Waals surface area contributed by atoms with Gasteiger partial charge in [-0.25, -0.2) is 5.84 Å². The van der Waals surface area contributed by atoms with Crippen molar-refractivity contribution in [3.63, 3.8) is 0 Å². The van der Waals surface area contributed by atoms with Gasteiger partial charge < -0.3 is 20.0 Å². The summed E-state index contributed by atoms with van der Waals surface area (Å²) in [4.78, 5) is 23.1. The Morgan fingerprint density at radius 3 is 2.72 bits per heavy atom. The molecule has 0 aliphatic rings. The van der Waals surface area contributed by atoms with Gasteiger partial charge in [0.1, 0.15) is 11.8 Å². The molecule has 0 aliphatic heterocycles. The van der Waals surface area contributed by atoms with E-state index >= 15 is 0 Å². The van der Waals surface area contributed by atoms with E-state index in [1.54, 1.807) is 10.8 Å². The molecule has 2 aromatic rings. The maximum Gasteiger partial charge on any atom is 0.249 e. The number of hydrogen-bond donors (Lipinski definition) is 3. The van der Waals surface area contributed by atoms with Crippen LogP contribution >= 0.6 is 0 Å². The molecule has 1 aromatic heterocycles. The van der Waals surface area contributed by atoms with E-state index in [9.17, 15) is 9.59 Å². The third kappa shape index (κ3) is 5.17. The molecule has 8 nitrogen and oxygen atoms in total. The molecule has 2 rings (SSSR count). The summed E-state index contributed by atoms with van der Waals surface area (Å²) in [6.07, 6.45) is 5.44. The second-order valence-corrected chi connectivity index (χ2v) is 6.68. The summed E-state index contributed by atoms with van der Waals surface area (Å²) in [5.74, 6) is 6.04. The number of nitrogens with one attached hydrogen (secondary N) is 1. The van der Waals surface area contributed by atoms with Crippen molar-refractivity contribution in [3.8, 4) is 5.75 Å². The molecule has 1 aromatic carbocycles. The van der Waals surface area contributed by atoms with Crippen LogP contribution in [0.1, 0.15) is 32.2 Å². The molecule has 8 heteroatoms. The molecule has 1 unspecified atom stereocenters. The summed E-state index contributed by atoms with van der Waals surface area (Å²) in [5, 5.41) is 6.84. The molecule has 1 atom stereocenters. The molecule has 0 saturated carbocycles. The van der Waals surface area contributed by atoms with Gasteiger partial charge in [0.2, 0.25) is 12.3 Å². The lowest BCUT2D eigenvalue weighted by atomic mass is 10.1. The van der Waals surface area contributed by atoms with Crippen molar-refractivity contribution in [3.05, 3.63) is 41.3 Å². The highest BCUT2D eigenvalue weighted by atomic mass is 16.5. The average Bonchev–Trinajstić information content (AvgIpc) is 2.94. The number of benzene rings is 1. The van der Waals surface area contributed by atoms with E-state index in [-0.39, 0.29) is 5.91 Å². The van der Waals surface area contributed by atoms with Crippen molar-refractivity contribution >= 4 is 36.2 Å². The fourth-order valence-electron chi connectivity index (χ4n) is 3.33. The van der Waals surface area contributed by atoms with Gasteiger partial charge >= 0.3 is 0 Å². The SMILES string of the molecule is C=c1c2ccc(OCCCN(N)/C=C\N)cc2c(=C)n1C(CCC)C(=O)NC=O. The molecule has 2 amide bonds. The number of hydrazine groups is 1. The molecular formula is C21H29N5O3. The van der Waals surface area contributed by atoms with Crippen LogP contribution in [-0.4, -0.2) is 35.0 Å². The van der Waals surface area contributed by atoms with Crippen molar-refractivity contribution in [2.45, 2.75) is 32.2 Å². The van der Waals surface area contributed by atoms with Crippen LogP contribution in [0.5, 0.6) is 5.75 Å². The van der Waals surface area contributed by atoms with Gasteiger partial charge in [-0.3, -0.25) is 14.9 Å². The molecule has 156 valence electrons. The first kappa shape index (κ1) is 22.0. The Hall–Kier alpha value is -3.26. The Morgan fingerprint density at radius 1 is 1.34 bits per heavy atom. The van der Waals surface area contributed by atoms with E-state index in [0.717, 1.165) is 23.6 Å². The quantitative estimate of drug-likeness (QED) is 0.219. The second kappa shape index (κ2) is 10.3. The molecule has 0 fully saturated rings. The summed E-state index contributed by atoms with van der Waals surface area (Å²) in [7, 11) is 0. The number of nitrogens with zero attached hydrogens (tertiary/aromatic N) is 2. The van der Waals surface area contributed by atoms with Crippen LogP contribution in [0.15, 0.2) is 30.6 Å². The van der Waals surface area contributed by atoms with Crippen molar-refractivity contribution in [2.24, 2.45) is 11.6 Å². The third-order valence-electron chi connectivity index (χ3n) is 4.68. The molecule has 0 saturated heterocycles. The number of imide groups is 1. The molecule has 0 bridgehead atoms. The molecule has 0 spiro atoms. The van der Waals surface area contributed by atoms with Crippen LogP contribution in [0, 0.1) is 0 Å². The monoisotopic (exact) mass is 399 g/mol. The maximum absolute atomic E-state index is 12.4. The Balaban J connectivity index is 2.26. The first-order valence-electron chi connectivity index (χ1n) is 9.53. The van der Waals surface area contributed by atoms with E-state index < -0.39 is 6.04 Å². The van der Waals surface area contributed by atoms with Crippen molar-refractivity contribution < 1.29 is 14.3 Å². The lowest BCUT2D eigenvalue weighted by Gasteiger charge is -2.17. The van der Waals surface area contributed by atoms with Gasteiger partial charge in [0, 0.05) is 46.8 Å². The Bertz CT molecular complexity index is 982. The topological polar surface area (TPSA) is 116 Å². The summed E-state index contributed by atoms with van der Waals surface area (Å²) in [6, 6.07) is 5.11. The summed E-state index contributed by atoms with van der Waals surface area (Å²) in [6.45, 7) is 11.4. The smallest absolute Gasteiger partial charge is 0.249 e. The highest BCUT2D eigenvalue weighted by Gasteiger charge is 2.21. The number of fused-ring (bicyclic) bond motifs is 1. The number of carbonyl (C=O) groups excluding carboxylic acids is 2. The Kier molecular flexibility index (Phi) is 7.85. The Morgan fingerprint density at radius 2 is 2.07 bits per heavy atom. The van der Waals surface area contributed by atoms with Crippen LogP contribution < -0.4 is 32.3 Å². The number of amides is 2. The minimum absolute atomic E-state index is 0.369. The standard InChI is InChI=1S/C21H29N5O3/c1-4-6-20(21(28)24-14-27)26-15(2)18-8-7-17(13-19(18)16(26)3)29-12-5-10-25(23)11-9-22/h7-9,11,13-14,20H,2-6,10,12,22-23H2,1H3,(H,24,27,28)/b11-9-. The molecule has 5 N–H and O–H groups in total. The summed E-state index contributed by atoms with van der Waals surface area (Å²) in [5.41, 5.74) is 5.29. The van der Waals surface area contributed by atoms with Crippen LogP contribution in [-0.2, 0) is 9.59 Å². The molecule has 1 heterocycles. The van der Waals surface area contributed by atoms with Crippen molar-refractivity contribution in [1.29, 1.82) is 0 Å². The highest BCUT2D eigenvalue weighted by molar-refractivity contribution is 5.90. The van der Waals surface area contributed by atoms with E-state index in [2.05, 4.69) is 18.5 Å². The van der Waals surface area contributed by atoms with Gasteiger partial charge in [-0.05, 0) is 24.6 Å². The largest absolute Gasteiger partial charge is 0.494 e. The lowest BCUT2D eigenvalue weighted by Crippen LogP contribution is -2.39. The number of rotatable bonds is 11. The first-order valence-corrected chi connectivity index (χ1v) is 9.53. The minimum Gasteiger partial charge on any atom is -0.494 e. The minimum atomic E-state index is -0.548. The van der Waals surface area contributed by atoms with Crippen LogP contribution in [0.25, 0.3) is 23.9 Å². The van der Waals surface area contributed by atoms with Gasteiger partial charge in [0.25, 0.3) is 0 Å². The Labute approximate surface area is 170 Å². The van der Waals surface area contributed by atoms with Crippen LogP contribution in [0.4, 0.5) is 0 Å². The molecule has 0 radical (unpaired) electrons. The van der Waals surface area contributed by atoms with Gasteiger partial charge in [0.05, 0.1) is 6.61 Å². The van der Waals surface area contributed by atoms with Gasteiger partial charge in [-0.1, -0.05) is 26.5 Å². The van der Waals surface area contributed by atoms with Crippen molar-refractivity contribution in [1.82, 2.24) is 14.9 Å². The summed E-state index contributed by atoms with van der Waals surface area (Å²) < 4.78 is 7.61. The van der Waals surface area contributed by atoms with Crippen LogP contribution in [0.3, 0.4) is 0 Å². The zero-order valence-electron chi connectivity index (χ0n) is 16.8. The third-order valence-corrected chi connectivity index (χ3v) is 4.68. The number of aromatic nitrogens is 1. The predicted octanol–water partition coefficient (Wildman–Crippen LogP) is 0.450.